The van der Waals surface area contributed by atoms with E-state index >= 15 is 0 Å². The molecule has 1 aliphatic rings. The van der Waals surface area contributed by atoms with Gasteiger partial charge < -0.3 is 10.6 Å². The third-order valence-corrected chi connectivity index (χ3v) is 3.32. The van der Waals surface area contributed by atoms with Gasteiger partial charge in [-0.2, -0.15) is 0 Å². The highest BCUT2D eigenvalue weighted by Crippen LogP contribution is 2.21. The number of hydrogen-bond donors (Lipinski definition) is 1. The smallest absolute Gasteiger partial charge is 0.256 e. The van der Waals surface area contributed by atoms with E-state index in [9.17, 15) is 9.18 Å². The molecule has 3 nitrogen and oxygen atoms in total. The number of rotatable bonds is 1. The SMILES string of the molecule is CC1CCN(C(=O)c2cc(F)ccc2N)CC1. The van der Waals surface area contributed by atoms with E-state index < -0.39 is 5.82 Å². The van der Waals surface area contributed by atoms with Gasteiger partial charge in [-0.15, -0.1) is 0 Å². The molecule has 1 aromatic carbocycles. The van der Waals surface area contributed by atoms with Crippen LogP contribution in [0.2, 0.25) is 0 Å². The Morgan fingerprint density at radius 1 is 1.41 bits per heavy atom. The van der Waals surface area contributed by atoms with Crippen LogP contribution in [0, 0.1) is 11.7 Å². The fourth-order valence-corrected chi connectivity index (χ4v) is 2.10. The average molecular weight is 236 g/mol. The molecule has 1 saturated heterocycles. The topological polar surface area (TPSA) is 46.3 Å². The fourth-order valence-electron chi connectivity index (χ4n) is 2.10. The molecule has 4 heteroatoms. The second-order valence-electron chi connectivity index (χ2n) is 4.71. The first-order valence-electron chi connectivity index (χ1n) is 5.92. The van der Waals surface area contributed by atoms with E-state index in [0.29, 0.717) is 11.6 Å². The van der Waals surface area contributed by atoms with Crippen molar-refractivity contribution in [3.63, 3.8) is 0 Å². The van der Waals surface area contributed by atoms with Crippen LogP contribution in [0.1, 0.15) is 30.1 Å². The van der Waals surface area contributed by atoms with Crippen molar-refractivity contribution in [3.05, 3.63) is 29.6 Å². The number of anilines is 1. The van der Waals surface area contributed by atoms with Gasteiger partial charge in [0.1, 0.15) is 5.82 Å². The van der Waals surface area contributed by atoms with Crippen LogP contribution in [-0.4, -0.2) is 23.9 Å². The van der Waals surface area contributed by atoms with Crippen LogP contribution in [0.4, 0.5) is 10.1 Å². The van der Waals surface area contributed by atoms with Crippen molar-refractivity contribution in [3.8, 4) is 0 Å². The minimum Gasteiger partial charge on any atom is -0.398 e. The molecular weight excluding hydrogens is 219 g/mol. The van der Waals surface area contributed by atoms with Crippen LogP contribution >= 0.6 is 0 Å². The molecule has 0 spiro atoms. The highest BCUT2D eigenvalue weighted by atomic mass is 19.1. The van der Waals surface area contributed by atoms with Gasteiger partial charge in [0.15, 0.2) is 0 Å². The molecule has 1 amide bonds. The minimum atomic E-state index is -0.423. The summed E-state index contributed by atoms with van der Waals surface area (Å²) in [5, 5.41) is 0. The molecule has 2 N–H and O–H groups in total. The number of benzene rings is 1. The quantitative estimate of drug-likeness (QED) is 0.760. The van der Waals surface area contributed by atoms with Crippen molar-refractivity contribution >= 4 is 11.6 Å². The Labute approximate surface area is 100 Å². The van der Waals surface area contributed by atoms with Gasteiger partial charge in [-0.05, 0) is 37.0 Å². The van der Waals surface area contributed by atoms with E-state index in [1.165, 1.54) is 18.2 Å². The van der Waals surface area contributed by atoms with Gasteiger partial charge in [-0.25, -0.2) is 4.39 Å². The predicted octanol–water partition coefficient (Wildman–Crippen LogP) is 2.28. The molecule has 1 heterocycles. The Balaban J connectivity index is 2.16. The number of nitrogens with zero attached hydrogens (tertiary/aromatic N) is 1. The standard InChI is InChI=1S/C13H17FN2O/c1-9-4-6-16(7-5-9)13(17)11-8-10(14)2-3-12(11)15/h2-3,8-9H,4-7,15H2,1H3. The van der Waals surface area contributed by atoms with Gasteiger partial charge in [-0.1, -0.05) is 6.92 Å². The summed E-state index contributed by atoms with van der Waals surface area (Å²) < 4.78 is 13.1. The van der Waals surface area contributed by atoms with Crippen LogP contribution in [0.5, 0.6) is 0 Å². The minimum absolute atomic E-state index is 0.158. The Morgan fingerprint density at radius 2 is 2.06 bits per heavy atom. The lowest BCUT2D eigenvalue weighted by molar-refractivity contribution is 0.0698. The number of likely N-dealkylation sites (tertiary alicyclic amines) is 1. The number of nitrogens with two attached hydrogens (primary N) is 1. The molecule has 0 radical (unpaired) electrons. The van der Waals surface area contributed by atoms with Crippen LogP contribution < -0.4 is 5.73 Å². The second kappa shape index (κ2) is 4.73. The molecule has 2 rings (SSSR count). The number of nitrogen functional groups attached to an aromatic ring is 1. The maximum absolute atomic E-state index is 13.1. The summed E-state index contributed by atoms with van der Waals surface area (Å²) in [6, 6.07) is 3.93. The van der Waals surface area contributed by atoms with Crippen molar-refractivity contribution in [2.24, 2.45) is 5.92 Å². The first-order valence-corrected chi connectivity index (χ1v) is 5.92. The molecule has 0 aromatic heterocycles. The molecule has 1 fully saturated rings. The summed E-state index contributed by atoms with van der Waals surface area (Å²) in [6.07, 6.45) is 2.00. The maximum Gasteiger partial charge on any atom is 0.256 e. The summed E-state index contributed by atoms with van der Waals surface area (Å²) in [4.78, 5) is 13.9. The highest BCUT2D eigenvalue weighted by molar-refractivity contribution is 5.99. The van der Waals surface area contributed by atoms with Gasteiger partial charge in [0.05, 0.1) is 5.56 Å². The van der Waals surface area contributed by atoms with Crippen molar-refractivity contribution in [1.29, 1.82) is 0 Å². The lowest BCUT2D eigenvalue weighted by Gasteiger charge is -2.30. The number of carbonyl (C=O) groups excluding carboxylic acids is 1. The second-order valence-corrected chi connectivity index (χ2v) is 4.71. The van der Waals surface area contributed by atoms with Gasteiger partial charge in [0, 0.05) is 18.8 Å². The third kappa shape index (κ3) is 2.57. The monoisotopic (exact) mass is 236 g/mol. The van der Waals surface area contributed by atoms with Gasteiger partial charge in [0.25, 0.3) is 5.91 Å². The molecule has 17 heavy (non-hydrogen) atoms. The summed E-state index contributed by atoms with van der Waals surface area (Å²) in [6.45, 7) is 3.64. The average Bonchev–Trinajstić information content (AvgIpc) is 2.32. The normalized spacial score (nSPS) is 17.2. The van der Waals surface area contributed by atoms with Crippen molar-refractivity contribution in [2.75, 3.05) is 18.8 Å². The molecule has 1 aromatic rings. The van der Waals surface area contributed by atoms with E-state index in [1.54, 1.807) is 4.90 Å². The predicted molar refractivity (Wildman–Crippen MR) is 65.1 cm³/mol. The Kier molecular flexibility index (Phi) is 3.31. The van der Waals surface area contributed by atoms with Crippen LogP contribution in [0.25, 0.3) is 0 Å². The number of hydrogen-bond acceptors (Lipinski definition) is 2. The third-order valence-electron chi connectivity index (χ3n) is 3.32. The number of carbonyl (C=O) groups is 1. The van der Waals surface area contributed by atoms with Gasteiger partial charge in [0.2, 0.25) is 0 Å². The molecular formula is C13H17FN2O. The molecule has 92 valence electrons. The van der Waals surface area contributed by atoms with Crippen molar-refractivity contribution in [2.45, 2.75) is 19.8 Å². The molecule has 0 bridgehead atoms. The van der Waals surface area contributed by atoms with E-state index in [-0.39, 0.29) is 11.5 Å². The summed E-state index contributed by atoms with van der Waals surface area (Å²) in [5.74, 6) is 0.0748. The lowest BCUT2D eigenvalue weighted by Crippen LogP contribution is -2.38. The van der Waals surface area contributed by atoms with Gasteiger partial charge >= 0.3 is 0 Å². The number of piperidine rings is 1. The largest absolute Gasteiger partial charge is 0.398 e. The first kappa shape index (κ1) is 11.9. The Hall–Kier alpha value is -1.58. The first-order chi connectivity index (χ1) is 8.08. The molecule has 0 atom stereocenters. The van der Waals surface area contributed by atoms with E-state index in [4.69, 9.17) is 5.73 Å². The molecule has 0 unspecified atom stereocenters. The highest BCUT2D eigenvalue weighted by Gasteiger charge is 2.22. The Morgan fingerprint density at radius 3 is 2.71 bits per heavy atom. The zero-order valence-electron chi connectivity index (χ0n) is 9.95. The maximum atomic E-state index is 13.1. The fraction of sp³-hybridized carbons (Fsp3) is 0.462. The van der Waals surface area contributed by atoms with E-state index in [0.717, 1.165) is 25.9 Å². The lowest BCUT2D eigenvalue weighted by atomic mass is 9.98. The van der Waals surface area contributed by atoms with Crippen LogP contribution in [-0.2, 0) is 0 Å². The van der Waals surface area contributed by atoms with Crippen LogP contribution in [0.15, 0.2) is 18.2 Å². The number of amides is 1. The van der Waals surface area contributed by atoms with Crippen LogP contribution in [0.3, 0.4) is 0 Å². The van der Waals surface area contributed by atoms with Crippen molar-refractivity contribution in [1.82, 2.24) is 4.90 Å². The Bertz CT molecular complexity index is 425. The molecule has 1 aliphatic heterocycles. The van der Waals surface area contributed by atoms with E-state index in [1.807, 2.05) is 0 Å². The van der Waals surface area contributed by atoms with E-state index in [2.05, 4.69) is 6.92 Å². The summed E-state index contributed by atoms with van der Waals surface area (Å²) in [5.41, 5.74) is 6.33. The summed E-state index contributed by atoms with van der Waals surface area (Å²) >= 11 is 0. The number of halogens is 1. The molecule has 0 aliphatic carbocycles. The zero-order valence-corrected chi connectivity index (χ0v) is 9.95. The summed E-state index contributed by atoms with van der Waals surface area (Å²) in [7, 11) is 0. The van der Waals surface area contributed by atoms with Crippen molar-refractivity contribution < 1.29 is 9.18 Å². The zero-order chi connectivity index (χ0) is 12.4. The molecule has 0 saturated carbocycles. The van der Waals surface area contributed by atoms with Gasteiger partial charge in [-0.3, -0.25) is 4.79 Å².